The number of nitrogens with two attached hydrogens (primary N) is 1. The molecule has 4 heterocycles. The molecule has 2 fully saturated rings. The van der Waals surface area contributed by atoms with Gasteiger partial charge in [0.1, 0.15) is 5.82 Å². The number of carbonyl (C=O) groups excluding carboxylic acids is 2. The van der Waals surface area contributed by atoms with Crippen LogP contribution >= 0.6 is 0 Å². The fourth-order valence-electron chi connectivity index (χ4n) is 5.20. The fourth-order valence-corrected chi connectivity index (χ4v) is 5.20. The maximum Gasteiger partial charge on any atom is 0.313 e. The summed E-state index contributed by atoms with van der Waals surface area (Å²) in [6.45, 7) is 6.64. The highest BCUT2D eigenvalue weighted by molar-refractivity contribution is 6.39. The summed E-state index contributed by atoms with van der Waals surface area (Å²) in [5, 5.41) is 8.53. The number of likely N-dealkylation sites (tertiary alicyclic amines) is 2. The molecular weight excluding hydrogens is 442 g/mol. The third-order valence-corrected chi connectivity index (χ3v) is 7.26. The lowest BCUT2D eigenvalue weighted by Gasteiger charge is -2.38. The standard InChI is InChI=1S/C26H33N7O2/c1-4-17-10-20(11-28-24(17)27)29-25(34)26(35)32-12-16(2)5-8-23(32)18-6-7-22-19(9-18)13-33(30-22)21-14-31(3)15-21/h6-7,9-11,13,16,21,23H,4-5,8,12,14-15H2,1-3H3,(H2,27,28)(H,29,34). The van der Waals surface area contributed by atoms with Gasteiger partial charge in [0.15, 0.2) is 0 Å². The first-order chi connectivity index (χ1) is 16.8. The molecule has 1 aromatic carbocycles. The van der Waals surface area contributed by atoms with E-state index in [9.17, 15) is 9.59 Å². The van der Waals surface area contributed by atoms with E-state index < -0.39 is 11.8 Å². The maximum absolute atomic E-state index is 13.3. The van der Waals surface area contributed by atoms with Crippen LogP contribution in [0.25, 0.3) is 10.9 Å². The predicted octanol–water partition coefficient (Wildman–Crippen LogP) is 3.00. The summed E-state index contributed by atoms with van der Waals surface area (Å²) >= 11 is 0. The van der Waals surface area contributed by atoms with Crippen molar-refractivity contribution in [3.05, 3.63) is 47.8 Å². The second-order valence-corrected chi connectivity index (χ2v) is 10.0. The lowest BCUT2D eigenvalue weighted by molar-refractivity contribution is -0.146. The molecule has 2 aliphatic rings. The van der Waals surface area contributed by atoms with Gasteiger partial charge in [-0.15, -0.1) is 0 Å². The number of benzene rings is 1. The van der Waals surface area contributed by atoms with Gasteiger partial charge in [-0.1, -0.05) is 19.9 Å². The van der Waals surface area contributed by atoms with Crippen LogP contribution in [-0.2, 0) is 16.0 Å². The number of fused-ring (bicyclic) bond motifs is 1. The zero-order valence-corrected chi connectivity index (χ0v) is 20.6. The Labute approximate surface area is 205 Å². The van der Waals surface area contributed by atoms with Crippen molar-refractivity contribution in [1.29, 1.82) is 0 Å². The number of likely N-dealkylation sites (N-methyl/N-ethyl adjacent to an activating group) is 1. The Morgan fingerprint density at radius 1 is 1.17 bits per heavy atom. The van der Waals surface area contributed by atoms with E-state index in [1.165, 1.54) is 6.20 Å². The van der Waals surface area contributed by atoms with Gasteiger partial charge in [-0.2, -0.15) is 5.10 Å². The van der Waals surface area contributed by atoms with Crippen LogP contribution in [0.5, 0.6) is 0 Å². The van der Waals surface area contributed by atoms with E-state index in [1.807, 2.05) is 19.1 Å². The van der Waals surface area contributed by atoms with Crippen molar-refractivity contribution in [2.75, 3.05) is 37.7 Å². The van der Waals surface area contributed by atoms with E-state index in [0.29, 0.717) is 36.4 Å². The molecule has 2 saturated heterocycles. The molecule has 3 aromatic rings. The molecule has 0 bridgehead atoms. The number of aryl methyl sites for hydroxylation is 1. The predicted molar refractivity (Wildman–Crippen MR) is 136 cm³/mol. The summed E-state index contributed by atoms with van der Waals surface area (Å²) < 4.78 is 2.05. The smallest absolute Gasteiger partial charge is 0.313 e. The first-order valence-electron chi connectivity index (χ1n) is 12.4. The van der Waals surface area contributed by atoms with Gasteiger partial charge in [0.05, 0.1) is 29.5 Å². The average molecular weight is 476 g/mol. The summed E-state index contributed by atoms with van der Waals surface area (Å²) in [5.41, 5.74) is 9.18. The third kappa shape index (κ3) is 4.60. The molecule has 2 amide bonds. The molecule has 2 atom stereocenters. The van der Waals surface area contributed by atoms with Crippen molar-refractivity contribution in [2.24, 2.45) is 5.92 Å². The number of nitrogens with zero attached hydrogens (tertiary/aromatic N) is 5. The highest BCUT2D eigenvalue weighted by Crippen LogP contribution is 2.35. The zero-order chi connectivity index (χ0) is 24.7. The minimum absolute atomic E-state index is 0.150. The number of hydrogen-bond donors (Lipinski definition) is 2. The van der Waals surface area contributed by atoms with Crippen molar-refractivity contribution in [3.8, 4) is 0 Å². The van der Waals surface area contributed by atoms with Gasteiger partial charge in [-0.3, -0.25) is 14.3 Å². The van der Waals surface area contributed by atoms with Gasteiger partial charge in [-0.25, -0.2) is 4.98 Å². The largest absolute Gasteiger partial charge is 0.383 e. The Bertz CT molecular complexity index is 1260. The Kier molecular flexibility index (Phi) is 6.19. The number of pyridine rings is 1. The molecule has 5 rings (SSSR count). The number of nitrogens with one attached hydrogen (secondary N) is 1. The molecule has 0 radical (unpaired) electrons. The van der Waals surface area contributed by atoms with Crippen molar-refractivity contribution < 1.29 is 9.59 Å². The number of piperidine rings is 1. The lowest BCUT2D eigenvalue weighted by atomic mass is 9.89. The van der Waals surface area contributed by atoms with Crippen LogP contribution < -0.4 is 11.1 Å². The highest BCUT2D eigenvalue weighted by atomic mass is 16.2. The second-order valence-electron chi connectivity index (χ2n) is 10.0. The second kappa shape index (κ2) is 9.30. The quantitative estimate of drug-likeness (QED) is 0.562. The fraction of sp³-hybridized carbons (Fsp3) is 0.462. The Hall–Kier alpha value is -3.46. The molecule has 35 heavy (non-hydrogen) atoms. The Balaban J connectivity index is 1.36. The van der Waals surface area contributed by atoms with Crippen molar-refractivity contribution in [3.63, 3.8) is 0 Å². The van der Waals surface area contributed by atoms with Gasteiger partial charge < -0.3 is 20.9 Å². The monoisotopic (exact) mass is 475 g/mol. The number of nitrogen functional groups attached to an aromatic ring is 1. The van der Waals surface area contributed by atoms with E-state index in [0.717, 1.165) is 48.0 Å². The topological polar surface area (TPSA) is 109 Å². The number of anilines is 2. The third-order valence-electron chi connectivity index (χ3n) is 7.26. The zero-order valence-electron chi connectivity index (χ0n) is 20.6. The van der Waals surface area contributed by atoms with Crippen LogP contribution in [0, 0.1) is 5.92 Å². The average Bonchev–Trinajstić information content (AvgIpc) is 3.25. The van der Waals surface area contributed by atoms with E-state index in [2.05, 4.69) is 46.1 Å². The van der Waals surface area contributed by atoms with Crippen molar-refractivity contribution >= 4 is 34.2 Å². The number of amides is 2. The molecule has 0 saturated carbocycles. The van der Waals surface area contributed by atoms with Crippen LogP contribution in [0.4, 0.5) is 11.5 Å². The molecule has 184 valence electrons. The summed E-state index contributed by atoms with van der Waals surface area (Å²) in [7, 11) is 2.11. The number of hydrogen-bond acceptors (Lipinski definition) is 6. The number of aromatic nitrogens is 3. The summed E-state index contributed by atoms with van der Waals surface area (Å²) in [6.07, 6.45) is 6.10. The molecule has 0 aliphatic carbocycles. The van der Waals surface area contributed by atoms with Crippen LogP contribution in [0.3, 0.4) is 0 Å². The molecule has 3 N–H and O–H groups in total. The first-order valence-corrected chi connectivity index (χ1v) is 12.4. The molecule has 0 spiro atoms. The maximum atomic E-state index is 13.3. The van der Waals surface area contributed by atoms with Crippen LogP contribution in [0.2, 0.25) is 0 Å². The van der Waals surface area contributed by atoms with Gasteiger partial charge in [0, 0.05) is 31.2 Å². The molecule has 9 heteroatoms. The lowest BCUT2D eigenvalue weighted by Crippen LogP contribution is -2.46. The minimum Gasteiger partial charge on any atom is -0.383 e. The van der Waals surface area contributed by atoms with Gasteiger partial charge >= 0.3 is 11.8 Å². The normalized spacial score (nSPS) is 21.2. The molecular formula is C26H33N7O2. The van der Waals surface area contributed by atoms with Crippen molar-refractivity contribution in [1.82, 2.24) is 24.6 Å². The molecule has 2 unspecified atom stereocenters. The van der Waals surface area contributed by atoms with Gasteiger partial charge in [0.2, 0.25) is 0 Å². The van der Waals surface area contributed by atoms with E-state index in [-0.39, 0.29) is 6.04 Å². The molecule has 9 nitrogen and oxygen atoms in total. The van der Waals surface area contributed by atoms with Crippen molar-refractivity contribution in [2.45, 2.75) is 45.2 Å². The van der Waals surface area contributed by atoms with Crippen LogP contribution in [0.15, 0.2) is 36.7 Å². The summed E-state index contributed by atoms with van der Waals surface area (Å²) in [5.74, 6) is -0.412. The highest BCUT2D eigenvalue weighted by Gasteiger charge is 2.34. The minimum atomic E-state index is -0.652. The SMILES string of the molecule is CCc1cc(NC(=O)C(=O)N2CC(C)CCC2c2ccc3nn(C4CN(C)C4)cc3c2)cnc1N. The molecule has 2 aromatic heterocycles. The number of rotatable bonds is 4. The molecule has 2 aliphatic heterocycles. The van der Waals surface area contributed by atoms with E-state index in [1.54, 1.807) is 11.0 Å². The Morgan fingerprint density at radius 3 is 2.71 bits per heavy atom. The Morgan fingerprint density at radius 2 is 1.97 bits per heavy atom. The summed E-state index contributed by atoms with van der Waals surface area (Å²) in [6, 6.07) is 8.22. The van der Waals surface area contributed by atoms with Crippen LogP contribution in [-0.4, -0.2) is 63.1 Å². The first kappa shape index (κ1) is 23.3. The van der Waals surface area contributed by atoms with Gasteiger partial charge in [-0.05, 0) is 61.6 Å². The number of carbonyl (C=O) groups is 2. The van der Waals surface area contributed by atoms with Gasteiger partial charge in [0.25, 0.3) is 0 Å². The summed E-state index contributed by atoms with van der Waals surface area (Å²) in [4.78, 5) is 34.4. The van der Waals surface area contributed by atoms with Crippen LogP contribution in [0.1, 0.15) is 49.9 Å². The van der Waals surface area contributed by atoms with E-state index >= 15 is 0 Å². The van der Waals surface area contributed by atoms with E-state index in [4.69, 9.17) is 10.8 Å².